The Hall–Kier alpha value is 0.0200. The summed E-state index contributed by atoms with van der Waals surface area (Å²) in [6.45, 7) is 0. The third-order valence-corrected chi connectivity index (χ3v) is 4.61. The lowest BCUT2D eigenvalue weighted by Gasteiger charge is -2.32. The second-order valence-corrected chi connectivity index (χ2v) is 7.23. The molecular formula is C9H19NO4S2. The van der Waals surface area contributed by atoms with Gasteiger partial charge in [-0.2, -0.15) is 8.42 Å². The lowest BCUT2D eigenvalue weighted by atomic mass is 9.93. The van der Waals surface area contributed by atoms with Gasteiger partial charge in [-0.15, -0.1) is 0 Å². The van der Waals surface area contributed by atoms with Crippen LogP contribution in [0.2, 0.25) is 0 Å². The molecule has 96 valence electrons. The molecule has 1 aliphatic rings. The van der Waals surface area contributed by atoms with Gasteiger partial charge in [0.05, 0.1) is 23.3 Å². The standard InChI is InChI=1S/C9H19NO4S2/c1-10(15(2)11)8-4-6-9(7-5-8)14-16(3,12)13/h8-9H,4-7H2,1-3H3. The third-order valence-electron chi connectivity index (χ3n) is 2.87. The summed E-state index contributed by atoms with van der Waals surface area (Å²) in [5.41, 5.74) is 0. The SMILES string of the molecule is CN(C1CCC(OS(C)(=O)=O)CC1)S(C)=O. The van der Waals surface area contributed by atoms with Gasteiger partial charge in [-0.25, -0.2) is 8.51 Å². The van der Waals surface area contributed by atoms with Crippen molar-refractivity contribution in [2.24, 2.45) is 0 Å². The molecule has 16 heavy (non-hydrogen) atoms. The molecule has 1 unspecified atom stereocenters. The molecule has 0 heterocycles. The van der Waals surface area contributed by atoms with Crippen LogP contribution in [0.3, 0.4) is 0 Å². The highest BCUT2D eigenvalue weighted by Gasteiger charge is 2.27. The summed E-state index contributed by atoms with van der Waals surface area (Å²) in [7, 11) is -2.48. The van der Waals surface area contributed by atoms with E-state index < -0.39 is 21.1 Å². The topological polar surface area (TPSA) is 63.7 Å². The normalized spacial score (nSPS) is 29.2. The minimum absolute atomic E-state index is 0.204. The van der Waals surface area contributed by atoms with Crippen LogP contribution in [0.15, 0.2) is 0 Å². The molecule has 1 saturated carbocycles. The van der Waals surface area contributed by atoms with E-state index in [4.69, 9.17) is 4.18 Å². The van der Waals surface area contributed by atoms with Gasteiger partial charge in [0.1, 0.15) is 0 Å². The van der Waals surface area contributed by atoms with E-state index in [0.717, 1.165) is 19.1 Å². The Balaban J connectivity index is 2.43. The molecule has 0 spiro atoms. The van der Waals surface area contributed by atoms with E-state index in [9.17, 15) is 12.6 Å². The Morgan fingerprint density at radius 1 is 1.25 bits per heavy atom. The molecule has 0 radical (unpaired) electrons. The maximum atomic E-state index is 11.3. The first-order valence-electron chi connectivity index (χ1n) is 5.24. The molecule has 1 aliphatic carbocycles. The van der Waals surface area contributed by atoms with E-state index in [0.29, 0.717) is 12.8 Å². The van der Waals surface area contributed by atoms with E-state index in [1.165, 1.54) is 0 Å². The minimum atomic E-state index is -3.35. The fourth-order valence-electron chi connectivity index (χ4n) is 1.96. The Morgan fingerprint density at radius 3 is 2.12 bits per heavy atom. The molecule has 0 aromatic carbocycles. The van der Waals surface area contributed by atoms with Crippen molar-refractivity contribution < 1.29 is 16.8 Å². The van der Waals surface area contributed by atoms with Gasteiger partial charge in [-0.3, -0.25) is 4.18 Å². The van der Waals surface area contributed by atoms with E-state index in [1.807, 2.05) is 11.4 Å². The van der Waals surface area contributed by atoms with Crippen molar-refractivity contribution >= 4 is 21.1 Å². The van der Waals surface area contributed by atoms with Crippen molar-refractivity contribution in [3.63, 3.8) is 0 Å². The van der Waals surface area contributed by atoms with Gasteiger partial charge in [-0.05, 0) is 25.7 Å². The maximum Gasteiger partial charge on any atom is 0.264 e. The third kappa shape index (κ3) is 4.48. The molecule has 0 aromatic heterocycles. The highest BCUT2D eigenvalue weighted by molar-refractivity contribution is 7.86. The average molecular weight is 269 g/mol. The smallest absolute Gasteiger partial charge is 0.264 e. The highest BCUT2D eigenvalue weighted by atomic mass is 32.2. The van der Waals surface area contributed by atoms with Gasteiger partial charge in [0.25, 0.3) is 10.1 Å². The van der Waals surface area contributed by atoms with Crippen molar-refractivity contribution in [3.8, 4) is 0 Å². The van der Waals surface area contributed by atoms with Gasteiger partial charge in [-0.1, -0.05) is 0 Å². The summed E-state index contributed by atoms with van der Waals surface area (Å²) >= 11 is 0. The largest absolute Gasteiger partial charge is 0.267 e. The molecule has 0 aliphatic heterocycles. The van der Waals surface area contributed by atoms with Gasteiger partial charge < -0.3 is 0 Å². The fraction of sp³-hybridized carbons (Fsp3) is 1.00. The molecule has 0 N–H and O–H groups in total. The lowest BCUT2D eigenvalue weighted by Crippen LogP contribution is -2.38. The minimum Gasteiger partial charge on any atom is -0.267 e. The number of nitrogens with zero attached hydrogens (tertiary/aromatic N) is 1. The highest BCUT2D eigenvalue weighted by Crippen LogP contribution is 2.25. The fourth-order valence-corrected chi connectivity index (χ4v) is 3.28. The first kappa shape index (κ1) is 14.1. The Bertz CT molecular complexity index is 347. The Kier molecular flexibility index (Phi) is 4.90. The first-order chi connectivity index (χ1) is 7.29. The number of hydrogen-bond acceptors (Lipinski definition) is 4. The van der Waals surface area contributed by atoms with Gasteiger partial charge >= 0.3 is 0 Å². The zero-order valence-corrected chi connectivity index (χ0v) is 11.5. The zero-order valence-electron chi connectivity index (χ0n) is 9.88. The molecule has 1 fully saturated rings. The molecule has 0 bridgehead atoms. The Morgan fingerprint density at radius 2 is 1.75 bits per heavy atom. The van der Waals surface area contributed by atoms with Crippen LogP contribution in [0.4, 0.5) is 0 Å². The van der Waals surface area contributed by atoms with Crippen molar-refractivity contribution in [2.75, 3.05) is 19.6 Å². The van der Waals surface area contributed by atoms with Crippen molar-refractivity contribution in [2.45, 2.75) is 37.8 Å². The van der Waals surface area contributed by atoms with Gasteiger partial charge in [0.2, 0.25) is 0 Å². The van der Waals surface area contributed by atoms with Crippen LogP contribution in [-0.4, -0.2) is 48.6 Å². The zero-order chi connectivity index (χ0) is 12.3. The molecule has 0 amide bonds. The molecule has 5 nitrogen and oxygen atoms in total. The van der Waals surface area contributed by atoms with Crippen LogP contribution >= 0.6 is 0 Å². The second kappa shape index (κ2) is 5.57. The predicted octanol–water partition coefficient (Wildman–Crippen LogP) is 0.499. The Labute approximate surface area is 99.9 Å². The van der Waals surface area contributed by atoms with Crippen molar-refractivity contribution in [1.82, 2.24) is 4.31 Å². The molecule has 0 aromatic rings. The van der Waals surface area contributed by atoms with Crippen LogP contribution in [0.25, 0.3) is 0 Å². The van der Waals surface area contributed by atoms with Crippen molar-refractivity contribution in [3.05, 3.63) is 0 Å². The molecule has 0 saturated heterocycles. The number of rotatable bonds is 4. The van der Waals surface area contributed by atoms with Crippen LogP contribution in [0.1, 0.15) is 25.7 Å². The second-order valence-electron chi connectivity index (χ2n) is 4.20. The van der Waals surface area contributed by atoms with Crippen LogP contribution in [0.5, 0.6) is 0 Å². The average Bonchev–Trinajstić information content (AvgIpc) is 2.15. The van der Waals surface area contributed by atoms with Gasteiger partial charge in [0, 0.05) is 19.3 Å². The van der Waals surface area contributed by atoms with Gasteiger partial charge in [0.15, 0.2) is 0 Å². The predicted molar refractivity (Wildman–Crippen MR) is 63.8 cm³/mol. The summed E-state index contributed by atoms with van der Waals surface area (Å²) < 4.78 is 39.9. The van der Waals surface area contributed by atoms with E-state index >= 15 is 0 Å². The van der Waals surface area contributed by atoms with Crippen LogP contribution in [0, 0.1) is 0 Å². The lowest BCUT2D eigenvalue weighted by molar-refractivity contribution is 0.134. The first-order valence-corrected chi connectivity index (χ1v) is 8.57. The van der Waals surface area contributed by atoms with Crippen LogP contribution < -0.4 is 0 Å². The van der Waals surface area contributed by atoms with Crippen molar-refractivity contribution in [1.29, 1.82) is 0 Å². The van der Waals surface area contributed by atoms with E-state index in [2.05, 4.69) is 0 Å². The molecule has 1 rings (SSSR count). The molecular weight excluding hydrogens is 250 g/mol. The molecule has 1 atom stereocenters. The summed E-state index contributed by atoms with van der Waals surface area (Å²) in [5.74, 6) is 0. The number of hydrogen-bond donors (Lipinski definition) is 0. The van der Waals surface area contributed by atoms with E-state index in [-0.39, 0.29) is 12.1 Å². The monoisotopic (exact) mass is 269 g/mol. The summed E-state index contributed by atoms with van der Waals surface area (Å²) in [4.78, 5) is 0. The maximum absolute atomic E-state index is 11.3. The summed E-state index contributed by atoms with van der Waals surface area (Å²) in [6.07, 6.45) is 5.60. The van der Waals surface area contributed by atoms with Crippen LogP contribution in [-0.2, 0) is 25.3 Å². The van der Waals surface area contributed by atoms with E-state index in [1.54, 1.807) is 6.26 Å². The summed E-state index contributed by atoms with van der Waals surface area (Å²) in [6, 6.07) is 0.269. The summed E-state index contributed by atoms with van der Waals surface area (Å²) in [5, 5.41) is 0. The quantitative estimate of drug-likeness (QED) is 0.697. The molecule has 7 heteroatoms.